The molecule has 0 radical (unpaired) electrons. The summed E-state index contributed by atoms with van der Waals surface area (Å²) in [7, 11) is 0. The van der Waals surface area contributed by atoms with E-state index in [1.807, 2.05) is 0 Å². The van der Waals surface area contributed by atoms with Gasteiger partial charge in [-0.3, -0.25) is 4.79 Å². The molecular formula is C14H15F4NO3. The molecule has 1 atom stereocenters. The zero-order valence-electron chi connectivity index (χ0n) is 11.9. The Hall–Kier alpha value is -2.12. The predicted molar refractivity (Wildman–Crippen MR) is 69.7 cm³/mol. The van der Waals surface area contributed by atoms with Gasteiger partial charge in [-0.2, -0.15) is 13.2 Å². The fourth-order valence-electron chi connectivity index (χ4n) is 1.82. The van der Waals surface area contributed by atoms with Gasteiger partial charge in [0.1, 0.15) is 11.9 Å². The van der Waals surface area contributed by atoms with Crippen molar-refractivity contribution >= 4 is 11.9 Å². The normalized spacial score (nSPS) is 13.0. The first-order chi connectivity index (χ1) is 10.0. The Kier molecular flexibility index (Phi) is 5.51. The van der Waals surface area contributed by atoms with Crippen molar-refractivity contribution < 1.29 is 32.3 Å². The van der Waals surface area contributed by atoms with Crippen LogP contribution in [0.1, 0.15) is 36.2 Å². The fraction of sp³-hybridized carbons (Fsp3) is 0.429. The minimum absolute atomic E-state index is 0.0225. The largest absolute Gasteiger partial charge is 0.480 e. The number of carboxylic acid groups (broad SMARTS) is 1. The van der Waals surface area contributed by atoms with E-state index >= 15 is 0 Å². The second-order valence-electron chi connectivity index (χ2n) is 5.19. The lowest BCUT2D eigenvalue weighted by molar-refractivity contribution is -0.140. The highest BCUT2D eigenvalue weighted by atomic mass is 19.4. The van der Waals surface area contributed by atoms with Crippen LogP contribution >= 0.6 is 0 Å². The minimum atomic E-state index is -4.86. The van der Waals surface area contributed by atoms with Crippen molar-refractivity contribution in [3.8, 4) is 0 Å². The summed E-state index contributed by atoms with van der Waals surface area (Å²) in [4.78, 5) is 22.8. The molecule has 0 fully saturated rings. The zero-order valence-corrected chi connectivity index (χ0v) is 11.9. The Balaban J connectivity index is 2.94. The molecule has 22 heavy (non-hydrogen) atoms. The molecule has 0 aliphatic rings. The number of amides is 1. The topological polar surface area (TPSA) is 66.4 Å². The lowest BCUT2D eigenvalue weighted by Gasteiger charge is -2.17. The number of halogens is 4. The van der Waals surface area contributed by atoms with Gasteiger partial charge in [0.05, 0.1) is 5.56 Å². The van der Waals surface area contributed by atoms with Gasteiger partial charge in [-0.15, -0.1) is 0 Å². The van der Waals surface area contributed by atoms with Crippen LogP contribution in [0, 0.1) is 11.7 Å². The van der Waals surface area contributed by atoms with Gasteiger partial charge in [-0.05, 0) is 30.5 Å². The number of rotatable bonds is 5. The zero-order chi connectivity index (χ0) is 17.1. The van der Waals surface area contributed by atoms with Crippen LogP contribution in [0.4, 0.5) is 17.6 Å². The summed E-state index contributed by atoms with van der Waals surface area (Å²) in [5, 5.41) is 11.1. The molecule has 1 rings (SSSR count). The van der Waals surface area contributed by atoms with Gasteiger partial charge in [0.25, 0.3) is 5.91 Å². The number of aliphatic carboxylic acids is 1. The lowest BCUT2D eigenvalue weighted by Crippen LogP contribution is -2.41. The molecule has 2 N–H and O–H groups in total. The summed E-state index contributed by atoms with van der Waals surface area (Å²) < 4.78 is 50.7. The third kappa shape index (κ3) is 4.71. The monoisotopic (exact) mass is 321 g/mol. The maximum atomic E-state index is 13.4. The van der Waals surface area contributed by atoms with Crippen LogP contribution in [0.2, 0.25) is 0 Å². The number of hydrogen-bond acceptors (Lipinski definition) is 2. The van der Waals surface area contributed by atoms with E-state index in [4.69, 9.17) is 5.11 Å². The summed E-state index contributed by atoms with van der Waals surface area (Å²) in [6, 6.07) is 0.489. The fourth-order valence-corrected chi connectivity index (χ4v) is 1.82. The van der Waals surface area contributed by atoms with E-state index in [1.54, 1.807) is 13.8 Å². The molecule has 1 aromatic carbocycles. The van der Waals surface area contributed by atoms with Crippen LogP contribution in [-0.2, 0) is 11.0 Å². The highest BCUT2D eigenvalue weighted by molar-refractivity contribution is 5.96. The average Bonchev–Trinajstić information content (AvgIpc) is 2.35. The van der Waals surface area contributed by atoms with Crippen molar-refractivity contribution in [1.29, 1.82) is 0 Å². The maximum absolute atomic E-state index is 13.4. The molecule has 0 unspecified atom stereocenters. The third-order valence-corrected chi connectivity index (χ3v) is 2.85. The summed E-state index contributed by atoms with van der Waals surface area (Å²) >= 11 is 0. The first kappa shape index (κ1) is 17.9. The molecule has 0 aliphatic heterocycles. The van der Waals surface area contributed by atoms with E-state index in [1.165, 1.54) is 0 Å². The number of carboxylic acids is 1. The molecular weight excluding hydrogens is 306 g/mol. The Labute approximate surface area is 124 Å². The Morgan fingerprint density at radius 3 is 2.27 bits per heavy atom. The van der Waals surface area contributed by atoms with Crippen molar-refractivity contribution in [3.05, 3.63) is 35.1 Å². The van der Waals surface area contributed by atoms with Crippen molar-refractivity contribution in [2.75, 3.05) is 0 Å². The first-order valence-electron chi connectivity index (χ1n) is 6.42. The molecule has 8 heteroatoms. The Morgan fingerprint density at radius 2 is 1.86 bits per heavy atom. The van der Waals surface area contributed by atoms with E-state index in [9.17, 15) is 27.2 Å². The van der Waals surface area contributed by atoms with Crippen LogP contribution in [0.25, 0.3) is 0 Å². The molecule has 1 aromatic rings. The SMILES string of the molecule is CC(C)C[C@@H](NC(=O)c1ccc(C(F)(F)F)c(F)c1)C(=O)O. The first-order valence-corrected chi connectivity index (χ1v) is 6.42. The minimum Gasteiger partial charge on any atom is -0.480 e. The van der Waals surface area contributed by atoms with Gasteiger partial charge >= 0.3 is 12.1 Å². The van der Waals surface area contributed by atoms with Gasteiger partial charge in [-0.1, -0.05) is 13.8 Å². The third-order valence-electron chi connectivity index (χ3n) is 2.85. The van der Waals surface area contributed by atoms with E-state index < -0.39 is 35.5 Å². The smallest absolute Gasteiger partial charge is 0.419 e. The molecule has 122 valence electrons. The number of carbonyl (C=O) groups excluding carboxylic acids is 1. The number of nitrogens with one attached hydrogen (secondary N) is 1. The molecule has 0 saturated heterocycles. The van der Waals surface area contributed by atoms with Crippen molar-refractivity contribution in [2.24, 2.45) is 5.92 Å². The highest BCUT2D eigenvalue weighted by Crippen LogP contribution is 2.31. The van der Waals surface area contributed by atoms with Gasteiger partial charge in [-0.25, -0.2) is 9.18 Å². The summed E-state index contributed by atoms with van der Waals surface area (Å²) in [6.07, 6.45) is -4.72. The molecule has 0 spiro atoms. The number of hydrogen-bond donors (Lipinski definition) is 2. The van der Waals surface area contributed by atoms with Crippen molar-refractivity contribution in [1.82, 2.24) is 5.32 Å². The predicted octanol–water partition coefficient (Wildman–Crippen LogP) is 3.07. The average molecular weight is 321 g/mol. The van der Waals surface area contributed by atoms with Gasteiger partial charge in [0.2, 0.25) is 0 Å². The highest BCUT2D eigenvalue weighted by Gasteiger charge is 2.34. The van der Waals surface area contributed by atoms with Gasteiger partial charge in [0, 0.05) is 5.56 Å². The van der Waals surface area contributed by atoms with Crippen molar-refractivity contribution in [2.45, 2.75) is 32.5 Å². The molecule has 0 aromatic heterocycles. The quantitative estimate of drug-likeness (QED) is 0.819. The van der Waals surface area contributed by atoms with E-state index in [0.29, 0.717) is 12.1 Å². The van der Waals surface area contributed by atoms with E-state index in [0.717, 1.165) is 6.07 Å². The molecule has 0 aliphatic carbocycles. The van der Waals surface area contributed by atoms with Crippen LogP contribution in [-0.4, -0.2) is 23.0 Å². The summed E-state index contributed by atoms with van der Waals surface area (Å²) in [5.41, 5.74) is -1.86. The van der Waals surface area contributed by atoms with Gasteiger partial charge < -0.3 is 10.4 Å². The van der Waals surface area contributed by atoms with Crippen LogP contribution < -0.4 is 5.32 Å². The molecule has 0 heterocycles. The molecule has 4 nitrogen and oxygen atoms in total. The number of carbonyl (C=O) groups is 2. The standard InChI is InChI=1S/C14H15F4NO3/c1-7(2)5-11(13(21)22)19-12(20)8-3-4-9(10(15)6-8)14(16,17)18/h3-4,6-7,11H,5H2,1-2H3,(H,19,20)(H,21,22)/t11-/m1/s1. The van der Waals surface area contributed by atoms with Crippen LogP contribution in [0.15, 0.2) is 18.2 Å². The number of alkyl halides is 3. The Bertz CT molecular complexity index is 570. The van der Waals surface area contributed by atoms with Crippen molar-refractivity contribution in [3.63, 3.8) is 0 Å². The Morgan fingerprint density at radius 1 is 1.27 bits per heavy atom. The number of benzene rings is 1. The maximum Gasteiger partial charge on any atom is 0.419 e. The lowest BCUT2D eigenvalue weighted by atomic mass is 10.0. The second-order valence-corrected chi connectivity index (χ2v) is 5.19. The van der Waals surface area contributed by atoms with E-state index in [-0.39, 0.29) is 17.9 Å². The van der Waals surface area contributed by atoms with Crippen LogP contribution in [0.5, 0.6) is 0 Å². The molecule has 0 bridgehead atoms. The second kappa shape index (κ2) is 6.76. The molecule has 0 saturated carbocycles. The van der Waals surface area contributed by atoms with Gasteiger partial charge in [0.15, 0.2) is 0 Å². The van der Waals surface area contributed by atoms with E-state index in [2.05, 4.69) is 5.32 Å². The van der Waals surface area contributed by atoms with Crippen LogP contribution in [0.3, 0.4) is 0 Å². The summed E-state index contributed by atoms with van der Waals surface area (Å²) in [6.45, 7) is 3.50. The molecule has 1 amide bonds. The summed E-state index contributed by atoms with van der Waals surface area (Å²) in [5.74, 6) is -3.82.